The Labute approximate surface area is 373 Å². The van der Waals surface area contributed by atoms with Crippen LogP contribution < -0.4 is 0 Å². The number of rotatable bonds is 12. The van der Waals surface area contributed by atoms with E-state index in [2.05, 4.69) is 13.8 Å². The van der Waals surface area contributed by atoms with Crippen LogP contribution in [0.3, 0.4) is 0 Å². The zero-order valence-electron chi connectivity index (χ0n) is 38.4. The number of fused-ring (bicyclic) bond motifs is 5. The van der Waals surface area contributed by atoms with Gasteiger partial charge in [-0.25, -0.2) is 4.79 Å². The molecule has 0 aromatic carbocycles. The van der Waals surface area contributed by atoms with Crippen molar-refractivity contribution in [2.45, 2.75) is 186 Å². The highest BCUT2D eigenvalue weighted by molar-refractivity contribution is 5.85. The maximum atomic E-state index is 12.7. The third-order valence-electron chi connectivity index (χ3n) is 15.8. The van der Waals surface area contributed by atoms with Gasteiger partial charge in [-0.1, -0.05) is 13.8 Å². The van der Waals surface area contributed by atoms with E-state index in [-0.39, 0.29) is 46.6 Å². The summed E-state index contributed by atoms with van der Waals surface area (Å²) in [6.45, 7) is 12.1. The monoisotopic (exact) mass is 906 g/mol. The summed E-state index contributed by atoms with van der Waals surface area (Å²) < 4.78 is 64.9. The lowest BCUT2D eigenvalue weighted by Gasteiger charge is -2.64. The van der Waals surface area contributed by atoms with Crippen LogP contribution in [0.25, 0.3) is 0 Å². The molecular weight excluding hydrogens is 840 g/mol. The predicted molar refractivity (Wildman–Crippen MR) is 218 cm³/mol. The number of carbonyl (C=O) groups is 6. The standard InChI is InChI=1S/C46H66O18/c1-22-36(58-23(2)47)38(54-9)40(61-26(5)50)42(57-22)56-21-34-37(59-24(3)48)39(60-25(4)49)41(62-27(6)51)43(64-34)63-30-12-15-44(7)29(19-30)10-11-33-32(44)13-16-45(8)31(14-17-46(33,45)53)28-18-35(52)55-20-28/h18,22,29-34,36-43,53H,10-17,19-21H2,1-9H3/t22-,29-,30-,31-,32+,33-,34+,36+,37+,38-,39-,40+,41+,42+,43+,44-,45+,46-/m0/s1. The molecule has 7 aliphatic rings. The third-order valence-corrected chi connectivity index (χ3v) is 15.8. The van der Waals surface area contributed by atoms with Crippen molar-refractivity contribution in [3.63, 3.8) is 0 Å². The van der Waals surface area contributed by atoms with Crippen LogP contribution >= 0.6 is 0 Å². The summed E-state index contributed by atoms with van der Waals surface area (Å²) in [6, 6.07) is 0. The number of cyclic esters (lactones) is 1. The molecule has 18 nitrogen and oxygen atoms in total. The molecule has 2 saturated heterocycles. The Bertz CT molecular complexity index is 1830. The molecule has 18 atom stereocenters. The first-order valence-corrected chi connectivity index (χ1v) is 22.8. The second-order valence-corrected chi connectivity index (χ2v) is 19.5. The van der Waals surface area contributed by atoms with E-state index in [1.54, 1.807) is 13.0 Å². The summed E-state index contributed by atoms with van der Waals surface area (Å²) in [5.41, 5.74) is -0.313. The highest BCUT2D eigenvalue weighted by Crippen LogP contribution is 2.70. The molecule has 18 heteroatoms. The first-order valence-electron chi connectivity index (χ1n) is 22.8. The Morgan fingerprint density at radius 2 is 1.31 bits per heavy atom. The maximum Gasteiger partial charge on any atom is 0.331 e. The van der Waals surface area contributed by atoms with E-state index >= 15 is 0 Å². The summed E-state index contributed by atoms with van der Waals surface area (Å²) >= 11 is 0. The van der Waals surface area contributed by atoms with Crippen LogP contribution in [0.2, 0.25) is 0 Å². The van der Waals surface area contributed by atoms with Gasteiger partial charge in [0.25, 0.3) is 0 Å². The predicted octanol–water partition coefficient (Wildman–Crippen LogP) is 3.79. The molecule has 0 radical (unpaired) electrons. The fourth-order valence-electron chi connectivity index (χ4n) is 13.0. The van der Waals surface area contributed by atoms with Crippen LogP contribution in [-0.4, -0.2) is 134 Å². The van der Waals surface area contributed by atoms with Crippen molar-refractivity contribution in [3.8, 4) is 0 Å². The van der Waals surface area contributed by atoms with Crippen molar-refractivity contribution < 1.29 is 86.0 Å². The van der Waals surface area contributed by atoms with Gasteiger partial charge in [-0.05, 0) is 99.4 Å². The SMILES string of the molecule is CO[C@@H]1[C@@H](OC(C)=O)[C@H](OC[C@H]2O[C@@H](O[C@H]3CC[C@@]4(C)[C@@H](CC[C@H]5[C@H]4CC[C@]4(C)[C@H](C6=CC(=O)OC6)CC[C@]54O)C3)[C@H](OC(C)=O)[C@@H](OC(C)=O)[C@@H]2OC(C)=O)O[C@@H](C)[C@H]1OC(C)=O. The minimum atomic E-state index is -1.39. The van der Waals surface area contributed by atoms with Gasteiger partial charge in [0.2, 0.25) is 0 Å². The van der Waals surface area contributed by atoms with Crippen LogP contribution in [0.1, 0.15) is 113 Å². The van der Waals surface area contributed by atoms with Crippen LogP contribution in [0.15, 0.2) is 11.6 Å². The maximum absolute atomic E-state index is 12.7. The largest absolute Gasteiger partial charge is 0.458 e. The Hall–Kier alpha value is -3.68. The summed E-state index contributed by atoms with van der Waals surface area (Å²) in [4.78, 5) is 74.3. The van der Waals surface area contributed by atoms with Gasteiger partial charge in [0, 0.05) is 53.2 Å². The fraction of sp³-hybridized carbons (Fsp3) is 0.826. The number of hydrogen-bond acceptors (Lipinski definition) is 18. The number of methoxy groups -OCH3 is 1. The Morgan fingerprint density at radius 3 is 1.92 bits per heavy atom. The van der Waals surface area contributed by atoms with E-state index in [1.165, 1.54) is 41.7 Å². The van der Waals surface area contributed by atoms with Crippen LogP contribution in [0, 0.1) is 34.5 Å². The van der Waals surface area contributed by atoms with Crippen molar-refractivity contribution >= 4 is 35.8 Å². The molecule has 4 saturated carbocycles. The normalized spacial score (nSPS) is 43.9. The Balaban J connectivity index is 1.10. The second kappa shape index (κ2) is 18.9. The Kier molecular flexibility index (Phi) is 14.3. The fourth-order valence-corrected chi connectivity index (χ4v) is 13.0. The van der Waals surface area contributed by atoms with E-state index in [9.17, 15) is 33.9 Å². The molecule has 4 aliphatic carbocycles. The van der Waals surface area contributed by atoms with E-state index in [4.69, 9.17) is 52.1 Å². The number of ether oxygens (including phenoxy) is 11. The lowest BCUT2D eigenvalue weighted by Crippen LogP contribution is -2.65. The molecule has 64 heavy (non-hydrogen) atoms. The summed E-state index contributed by atoms with van der Waals surface area (Å²) in [6.07, 6.45) is -3.57. The van der Waals surface area contributed by atoms with Gasteiger partial charge in [0.1, 0.15) is 18.8 Å². The third kappa shape index (κ3) is 9.20. The van der Waals surface area contributed by atoms with E-state index in [1.807, 2.05) is 0 Å². The van der Waals surface area contributed by atoms with Crippen LogP contribution in [0.5, 0.6) is 0 Å². The van der Waals surface area contributed by atoms with Crippen molar-refractivity contribution in [1.82, 2.24) is 0 Å². The molecule has 0 amide bonds. The van der Waals surface area contributed by atoms with Crippen molar-refractivity contribution in [2.24, 2.45) is 34.5 Å². The zero-order valence-corrected chi connectivity index (χ0v) is 38.4. The lowest BCUT2D eigenvalue weighted by atomic mass is 9.43. The first kappa shape index (κ1) is 48.3. The summed E-state index contributed by atoms with van der Waals surface area (Å²) in [5, 5.41) is 12.7. The molecule has 3 heterocycles. The van der Waals surface area contributed by atoms with Gasteiger partial charge in [-0.15, -0.1) is 0 Å². The molecule has 6 fully saturated rings. The number of hydrogen-bond donors (Lipinski definition) is 1. The molecule has 0 aromatic rings. The van der Waals surface area contributed by atoms with Gasteiger partial charge in [0.05, 0.1) is 24.4 Å². The molecule has 3 aliphatic heterocycles. The van der Waals surface area contributed by atoms with Gasteiger partial charge >= 0.3 is 35.8 Å². The molecule has 1 N–H and O–H groups in total. The van der Waals surface area contributed by atoms with Gasteiger partial charge in [-0.3, -0.25) is 24.0 Å². The molecule has 0 aromatic heterocycles. The molecule has 358 valence electrons. The quantitative estimate of drug-likeness (QED) is 0.167. The van der Waals surface area contributed by atoms with Crippen molar-refractivity contribution in [2.75, 3.05) is 20.3 Å². The highest BCUT2D eigenvalue weighted by Gasteiger charge is 2.68. The molecule has 7 rings (SSSR count). The molecule has 0 spiro atoms. The minimum absolute atomic E-state index is 0.0897. The minimum Gasteiger partial charge on any atom is -0.458 e. The highest BCUT2D eigenvalue weighted by atomic mass is 16.8. The second-order valence-electron chi connectivity index (χ2n) is 19.5. The van der Waals surface area contributed by atoms with Gasteiger partial charge in [0.15, 0.2) is 43.1 Å². The van der Waals surface area contributed by atoms with Crippen LogP contribution in [-0.2, 0) is 80.9 Å². The zero-order chi connectivity index (χ0) is 46.5. The van der Waals surface area contributed by atoms with Crippen molar-refractivity contribution in [3.05, 3.63) is 11.6 Å². The number of aliphatic hydroxyl groups is 1. The smallest absolute Gasteiger partial charge is 0.331 e. The molecule has 0 bridgehead atoms. The number of esters is 6. The van der Waals surface area contributed by atoms with E-state index in [0.717, 1.165) is 44.1 Å². The van der Waals surface area contributed by atoms with Crippen LogP contribution in [0.4, 0.5) is 0 Å². The van der Waals surface area contributed by atoms with Gasteiger partial charge in [-0.2, -0.15) is 0 Å². The van der Waals surface area contributed by atoms with E-state index < -0.39 is 103 Å². The number of carbonyl (C=O) groups excluding carboxylic acids is 6. The lowest BCUT2D eigenvalue weighted by molar-refractivity contribution is -0.339. The topological polar surface area (TPSA) is 224 Å². The average Bonchev–Trinajstić information content (AvgIpc) is 3.76. The van der Waals surface area contributed by atoms with Crippen molar-refractivity contribution in [1.29, 1.82) is 0 Å². The molecular formula is C46H66O18. The molecule has 0 unspecified atom stereocenters. The average molecular weight is 907 g/mol. The van der Waals surface area contributed by atoms with E-state index in [0.29, 0.717) is 25.9 Å². The summed E-state index contributed by atoms with van der Waals surface area (Å²) in [7, 11) is 1.36. The van der Waals surface area contributed by atoms with Gasteiger partial charge < -0.3 is 57.2 Å². The first-order chi connectivity index (χ1) is 30.2. The Morgan fingerprint density at radius 1 is 0.703 bits per heavy atom. The summed E-state index contributed by atoms with van der Waals surface area (Å²) in [5.74, 6) is -3.08.